The number of sulfonamides is 1. The lowest BCUT2D eigenvalue weighted by Gasteiger charge is -2.22. The summed E-state index contributed by atoms with van der Waals surface area (Å²) in [6, 6.07) is -0.0447. The topological polar surface area (TPSA) is 58.2 Å². The molecule has 0 saturated heterocycles. The number of hydrogen-bond donors (Lipinski definition) is 2. The maximum atomic E-state index is 12.6. The molecule has 116 valence electrons. The molecule has 0 spiro atoms. The van der Waals surface area contributed by atoms with Gasteiger partial charge in [-0.2, -0.15) is 0 Å². The highest BCUT2D eigenvalue weighted by molar-refractivity contribution is 7.89. The van der Waals surface area contributed by atoms with Crippen LogP contribution in [0.4, 0.5) is 0 Å². The lowest BCUT2D eigenvalue weighted by molar-refractivity contribution is 0.390. The minimum absolute atomic E-state index is 0.0447. The van der Waals surface area contributed by atoms with Crippen LogP contribution in [0.3, 0.4) is 0 Å². The Morgan fingerprint density at radius 3 is 2.40 bits per heavy atom. The molecule has 0 saturated carbocycles. The fraction of sp³-hybridized carbons (Fsp3) is 0.714. The van der Waals surface area contributed by atoms with Gasteiger partial charge in [-0.25, -0.2) is 13.1 Å². The summed E-state index contributed by atoms with van der Waals surface area (Å²) in [5.74, 6) is 0.372. The maximum absolute atomic E-state index is 12.6. The van der Waals surface area contributed by atoms with E-state index in [2.05, 4.69) is 23.9 Å². The van der Waals surface area contributed by atoms with Crippen molar-refractivity contribution in [3.8, 4) is 0 Å². The first kappa shape index (κ1) is 17.6. The van der Waals surface area contributed by atoms with Crippen molar-refractivity contribution in [3.05, 3.63) is 15.8 Å². The highest BCUT2D eigenvalue weighted by Crippen LogP contribution is 2.27. The van der Waals surface area contributed by atoms with Crippen molar-refractivity contribution in [2.45, 2.75) is 58.0 Å². The second-order valence-electron chi connectivity index (χ2n) is 5.19. The van der Waals surface area contributed by atoms with Gasteiger partial charge in [-0.05, 0) is 37.8 Å². The van der Waals surface area contributed by atoms with Crippen LogP contribution in [-0.2, 0) is 16.6 Å². The number of aryl methyl sites for hydroxylation is 1. The van der Waals surface area contributed by atoms with Gasteiger partial charge in [0, 0.05) is 17.5 Å². The quantitative estimate of drug-likeness (QED) is 0.775. The molecular formula is C14H26N2O2S2. The number of rotatable bonds is 8. The van der Waals surface area contributed by atoms with E-state index in [1.807, 2.05) is 26.3 Å². The molecule has 0 radical (unpaired) electrons. The van der Waals surface area contributed by atoms with Crippen molar-refractivity contribution in [1.82, 2.24) is 10.0 Å². The summed E-state index contributed by atoms with van der Waals surface area (Å²) in [5.41, 5.74) is 0.824. The van der Waals surface area contributed by atoms with Crippen LogP contribution < -0.4 is 10.0 Å². The van der Waals surface area contributed by atoms with Crippen molar-refractivity contribution in [2.75, 3.05) is 7.05 Å². The molecule has 20 heavy (non-hydrogen) atoms. The van der Waals surface area contributed by atoms with Crippen LogP contribution in [0, 0.1) is 12.8 Å². The zero-order valence-electron chi connectivity index (χ0n) is 13.0. The molecule has 1 rings (SSSR count). The van der Waals surface area contributed by atoms with Crippen LogP contribution in [0.2, 0.25) is 0 Å². The highest BCUT2D eigenvalue weighted by atomic mass is 32.2. The molecule has 0 aliphatic rings. The third-order valence-electron chi connectivity index (χ3n) is 3.69. The van der Waals surface area contributed by atoms with Crippen LogP contribution in [-0.4, -0.2) is 21.5 Å². The van der Waals surface area contributed by atoms with Crippen LogP contribution in [0.5, 0.6) is 0 Å². The molecule has 1 aromatic rings. The van der Waals surface area contributed by atoms with Crippen molar-refractivity contribution in [2.24, 2.45) is 5.92 Å². The van der Waals surface area contributed by atoms with Crippen LogP contribution in [0.1, 0.15) is 44.1 Å². The molecule has 1 unspecified atom stereocenters. The molecule has 1 atom stereocenters. The van der Waals surface area contributed by atoms with Gasteiger partial charge < -0.3 is 5.32 Å². The van der Waals surface area contributed by atoms with Crippen molar-refractivity contribution >= 4 is 21.4 Å². The fourth-order valence-electron chi connectivity index (χ4n) is 2.53. The molecule has 4 nitrogen and oxygen atoms in total. The summed E-state index contributed by atoms with van der Waals surface area (Å²) in [6.07, 6.45) is 1.96. The summed E-state index contributed by atoms with van der Waals surface area (Å²) in [6.45, 7) is 8.58. The molecule has 0 fully saturated rings. The fourth-order valence-corrected chi connectivity index (χ4v) is 5.66. The highest BCUT2D eigenvalue weighted by Gasteiger charge is 2.26. The van der Waals surface area contributed by atoms with E-state index in [0.717, 1.165) is 23.3 Å². The third kappa shape index (κ3) is 4.04. The second kappa shape index (κ2) is 7.54. The Morgan fingerprint density at radius 1 is 1.30 bits per heavy atom. The van der Waals surface area contributed by atoms with Gasteiger partial charge >= 0.3 is 0 Å². The van der Waals surface area contributed by atoms with Gasteiger partial charge in [-0.1, -0.05) is 26.7 Å². The minimum Gasteiger partial charge on any atom is -0.315 e. The Labute approximate surface area is 127 Å². The Balaban J connectivity index is 3.02. The number of nitrogens with one attached hydrogen (secondary N) is 2. The van der Waals surface area contributed by atoms with Crippen molar-refractivity contribution in [3.63, 3.8) is 0 Å². The van der Waals surface area contributed by atoms with Crippen LogP contribution in [0.25, 0.3) is 0 Å². The molecule has 0 aromatic carbocycles. The van der Waals surface area contributed by atoms with E-state index in [1.54, 1.807) is 0 Å². The van der Waals surface area contributed by atoms with E-state index in [1.165, 1.54) is 11.3 Å². The predicted octanol–water partition coefficient (Wildman–Crippen LogP) is 2.88. The van der Waals surface area contributed by atoms with Gasteiger partial charge in [0.1, 0.15) is 4.90 Å². The van der Waals surface area contributed by atoms with Gasteiger partial charge in [-0.15, -0.1) is 11.3 Å². The van der Waals surface area contributed by atoms with E-state index in [-0.39, 0.29) is 6.04 Å². The van der Waals surface area contributed by atoms with E-state index >= 15 is 0 Å². The first-order chi connectivity index (χ1) is 9.37. The van der Waals surface area contributed by atoms with Gasteiger partial charge in [0.2, 0.25) is 10.0 Å². The van der Waals surface area contributed by atoms with Crippen molar-refractivity contribution < 1.29 is 8.42 Å². The van der Waals surface area contributed by atoms with Crippen LogP contribution >= 0.6 is 11.3 Å². The lowest BCUT2D eigenvalue weighted by atomic mass is 9.96. The summed E-state index contributed by atoms with van der Waals surface area (Å²) >= 11 is 1.49. The van der Waals surface area contributed by atoms with Crippen LogP contribution in [0.15, 0.2) is 10.3 Å². The normalized spacial score (nSPS) is 13.9. The van der Waals surface area contributed by atoms with E-state index in [9.17, 15) is 8.42 Å². The minimum atomic E-state index is -3.44. The first-order valence-corrected chi connectivity index (χ1v) is 9.47. The second-order valence-corrected chi connectivity index (χ2v) is 7.80. The van der Waals surface area contributed by atoms with Gasteiger partial charge in [0.25, 0.3) is 0 Å². The molecule has 1 aromatic heterocycles. The molecule has 2 N–H and O–H groups in total. The zero-order chi connectivity index (χ0) is 15.3. The average molecular weight is 319 g/mol. The molecule has 0 aliphatic heterocycles. The van der Waals surface area contributed by atoms with E-state index in [0.29, 0.717) is 17.4 Å². The van der Waals surface area contributed by atoms with Gasteiger partial charge in [0.15, 0.2) is 0 Å². The Bertz CT molecular complexity index is 519. The summed E-state index contributed by atoms with van der Waals surface area (Å²) in [4.78, 5) is 1.32. The zero-order valence-corrected chi connectivity index (χ0v) is 14.6. The molecular weight excluding hydrogens is 292 g/mol. The molecule has 0 amide bonds. The first-order valence-electron chi connectivity index (χ1n) is 7.11. The maximum Gasteiger partial charge on any atom is 0.242 e. The van der Waals surface area contributed by atoms with E-state index < -0.39 is 10.0 Å². The van der Waals surface area contributed by atoms with Gasteiger partial charge in [-0.3, -0.25) is 0 Å². The SMILES string of the molecule is CCC(CC)C(C)NS(=O)(=O)c1c(C)csc1CNC. The summed E-state index contributed by atoms with van der Waals surface area (Å²) in [7, 11) is -1.62. The van der Waals surface area contributed by atoms with Gasteiger partial charge in [0.05, 0.1) is 0 Å². The molecule has 0 bridgehead atoms. The molecule has 0 aliphatic carbocycles. The monoisotopic (exact) mass is 318 g/mol. The summed E-state index contributed by atoms with van der Waals surface area (Å²) in [5, 5.41) is 4.93. The largest absolute Gasteiger partial charge is 0.315 e. The average Bonchev–Trinajstić information content (AvgIpc) is 2.72. The number of thiophene rings is 1. The summed E-state index contributed by atoms with van der Waals surface area (Å²) < 4.78 is 28.1. The lowest BCUT2D eigenvalue weighted by Crippen LogP contribution is -2.38. The Morgan fingerprint density at radius 2 is 1.90 bits per heavy atom. The molecule has 6 heteroatoms. The predicted molar refractivity (Wildman–Crippen MR) is 85.7 cm³/mol. The smallest absolute Gasteiger partial charge is 0.242 e. The number of hydrogen-bond acceptors (Lipinski definition) is 4. The Hall–Kier alpha value is -0.430. The van der Waals surface area contributed by atoms with E-state index in [4.69, 9.17) is 0 Å². The third-order valence-corrected chi connectivity index (χ3v) is 6.71. The Kier molecular flexibility index (Phi) is 6.64. The van der Waals surface area contributed by atoms with Crippen molar-refractivity contribution in [1.29, 1.82) is 0 Å². The molecule has 1 heterocycles. The standard InChI is InChI=1S/C14H26N2O2S2/c1-6-12(7-2)11(4)16-20(17,18)14-10(3)9-19-13(14)8-15-5/h9,11-12,15-16H,6-8H2,1-5H3.